The van der Waals surface area contributed by atoms with E-state index >= 15 is 0 Å². The molecule has 1 N–H and O–H groups in total. The first-order valence-corrected chi connectivity index (χ1v) is 8.22. The van der Waals surface area contributed by atoms with E-state index in [4.69, 9.17) is 9.47 Å². The Bertz CT molecular complexity index is 948. The van der Waals surface area contributed by atoms with Crippen LogP contribution in [0.5, 0.6) is 11.5 Å². The van der Waals surface area contributed by atoms with Gasteiger partial charge >= 0.3 is 0 Å². The first-order valence-electron chi connectivity index (χ1n) is 8.22. The molecule has 1 atom stereocenters. The monoisotopic (exact) mass is 337 g/mol. The second-order valence-electron chi connectivity index (χ2n) is 6.14. The minimum Gasteiger partial charge on any atom is -0.454 e. The summed E-state index contributed by atoms with van der Waals surface area (Å²) in [5.74, 6) is 2.22. The van der Waals surface area contributed by atoms with Gasteiger partial charge in [0.25, 0.3) is 0 Å². The number of fused-ring (bicyclic) bond motifs is 2. The molecule has 0 aliphatic carbocycles. The summed E-state index contributed by atoms with van der Waals surface area (Å²) >= 11 is 0. The van der Waals surface area contributed by atoms with E-state index in [1.807, 2.05) is 60.9 Å². The number of carbonyl (C=O) groups is 1. The molecule has 0 bridgehead atoms. The molecule has 2 aromatic carbocycles. The summed E-state index contributed by atoms with van der Waals surface area (Å²) < 4.78 is 12.6. The molecule has 0 fully saturated rings. The Balaban J connectivity index is 1.49. The number of para-hydroxylation sites is 2. The van der Waals surface area contributed by atoms with Crippen LogP contribution < -0.4 is 14.8 Å². The quantitative estimate of drug-likeness (QED) is 0.795. The molecule has 0 spiro atoms. The van der Waals surface area contributed by atoms with Crippen LogP contribution in [-0.4, -0.2) is 22.3 Å². The van der Waals surface area contributed by atoms with Crippen molar-refractivity contribution in [2.45, 2.75) is 26.4 Å². The second-order valence-corrected chi connectivity index (χ2v) is 6.14. The van der Waals surface area contributed by atoms with Crippen LogP contribution in [0.2, 0.25) is 0 Å². The molecule has 1 aromatic heterocycles. The molecule has 2 heterocycles. The number of hydrogen-bond acceptors (Lipinski definition) is 4. The zero-order chi connectivity index (χ0) is 17.4. The van der Waals surface area contributed by atoms with Gasteiger partial charge in [-0.1, -0.05) is 18.2 Å². The lowest BCUT2D eigenvalue weighted by Gasteiger charge is -2.16. The number of hydrogen-bond donors (Lipinski definition) is 1. The third kappa shape index (κ3) is 2.91. The lowest BCUT2D eigenvalue weighted by atomic mass is 10.1. The maximum atomic E-state index is 12.5. The van der Waals surface area contributed by atoms with Gasteiger partial charge in [-0.2, -0.15) is 0 Å². The fourth-order valence-electron chi connectivity index (χ4n) is 3.09. The number of carbonyl (C=O) groups excluding carboxylic acids is 1. The highest BCUT2D eigenvalue weighted by molar-refractivity contribution is 5.81. The lowest BCUT2D eigenvalue weighted by molar-refractivity contribution is -0.122. The average molecular weight is 337 g/mol. The van der Waals surface area contributed by atoms with Gasteiger partial charge in [0, 0.05) is 0 Å². The SMILES string of the molecule is Cc1nc2ccccc2n1CC(=O)N[C@H](C)c1ccc2c(c1)OCO2. The number of nitrogens with zero attached hydrogens (tertiary/aromatic N) is 2. The number of ether oxygens (including phenoxy) is 2. The van der Waals surface area contributed by atoms with Crippen molar-refractivity contribution in [2.24, 2.45) is 0 Å². The largest absolute Gasteiger partial charge is 0.454 e. The van der Waals surface area contributed by atoms with Crippen LogP contribution in [0, 0.1) is 6.92 Å². The molecule has 0 saturated carbocycles. The van der Waals surface area contributed by atoms with Crippen LogP contribution >= 0.6 is 0 Å². The number of nitrogens with one attached hydrogen (secondary N) is 1. The second kappa shape index (κ2) is 6.12. The molecule has 1 aliphatic rings. The van der Waals surface area contributed by atoms with E-state index in [9.17, 15) is 4.79 Å². The number of aromatic nitrogens is 2. The van der Waals surface area contributed by atoms with E-state index in [-0.39, 0.29) is 25.3 Å². The van der Waals surface area contributed by atoms with Crippen LogP contribution in [0.25, 0.3) is 11.0 Å². The Morgan fingerprint density at radius 1 is 1.24 bits per heavy atom. The number of aryl methyl sites for hydroxylation is 1. The molecule has 1 amide bonds. The molecule has 4 rings (SSSR count). The van der Waals surface area contributed by atoms with E-state index in [0.29, 0.717) is 0 Å². The fraction of sp³-hybridized carbons (Fsp3) is 0.263. The topological polar surface area (TPSA) is 65.4 Å². The molecule has 3 aromatic rings. The van der Waals surface area contributed by atoms with Crippen molar-refractivity contribution in [3.05, 3.63) is 53.9 Å². The normalized spacial score (nSPS) is 13.8. The predicted molar refractivity (Wildman–Crippen MR) is 93.6 cm³/mol. The van der Waals surface area contributed by atoms with Gasteiger partial charge in [0.05, 0.1) is 17.1 Å². The first kappa shape index (κ1) is 15.5. The Kier molecular flexibility index (Phi) is 3.80. The minimum absolute atomic E-state index is 0.0589. The maximum absolute atomic E-state index is 12.5. The van der Waals surface area contributed by atoms with E-state index < -0.39 is 0 Å². The van der Waals surface area contributed by atoms with Gasteiger partial charge in [0.2, 0.25) is 12.7 Å². The van der Waals surface area contributed by atoms with Gasteiger partial charge < -0.3 is 19.4 Å². The van der Waals surface area contributed by atoms with Crippen molar-refractivity contribution in [2.75, 3.05) is 6.79 Å². The molecule has 25 heavy (non-hydrogen) atoms. The van der Waals surface area contributed by atoms with Crippen molar-refractivity contribution in [1.29, 1.82) is 0 Å². The zero-order valence-electron chi connectivity index (χ0n) is 14.2. The van der Waals surface area contributed by atoms with E-state index in [1.165, 1.54) is 0 Å². The molecule has 0 unspecified atom stereocenters. The number of benzene rings is 2. The van der Waals surface area contributed by atoms with Crippen molar-refractivity contribution in [1.82, 2.24) is 14.9 Å². The summed E-state index contributed by atoms with van der Waals surface area (Å²) in [6, 6.07) is 13.4. The van der Waals surface area contributed by atoms with E-state index in [0.717, 1.165) is 33.9 Å². The van der Waals surface area contributed by atoms with Crippen molar-refractivity contribution >= 4 is 16.9 Å². The summed E-state index contributed by atoms with van der Waals surface area (Å²) in [5.41, 5.74) is 2.84. The highest BCUT2D eigenvalue weighted by Crippen LogP contribution is 2.34. The highest BCUT2D eigenvalue weighted by Gasteiger charge is 2.17. The molecule has 6 heteroatoms. The van der Waals surface area contributed by atoms with Crippen LogP contribution in [0.15, 0.2) is 42.5 Å². The summed E-state index contributed by atoms with van der Waals surface area (Å²) in [7, 11) is 0. The molecular weight excluding hydrogens is 318 g/mol. The van der Waals surface area contributed by atoms with Gasteiger partial charge in [0.1, 0.15) is 12.4 Å². The van der Waals surface area contributed by atoms with E-state index in [1.54, 1.807) is 0 Å². The van der Waals surface area contributed by atoms with Gasteiger partial charge in [-0.15, -0.1) is 0 Å². The summed E-state index contributed by atoms with van der Waals surface area (Å²) in [5, 5.41) is 3.03. The Morgan fingerprint density at radius 3 is 2.92 bits per heavy atom. The van der Waals surface area contributed by atoms with Gasteiger partial charge in [-0.05, 0) is 43.7 Å². The lowest BCUT2D eigenvalue weighted by Crippen LogP contribution is -2.30. The fourth-order valence-corrected chi connectivity index (χ4v) is 3.09. The molecule has 6 nitrogen and oxygen atoms in total. The van der Waals surface area contributed by atoms with Gasteiger partial charge in [-0.3, -0.25) is 4.79 Å². The molecule has 1 aliphatic heterocycles. The standard InChI is InChI=1S/C19H19N3O3/c1-12(14-7-8-17-18(9-14)25-11-24-17)20-19(23)10-22-13(2)21-15-5-3-4-6-16(15)22/h3-9,12H,10-11H2,1-2H3,(H,20,23)/t12-/m1/s1. The van der Waals surface area contributed by atoms with Crippen LogP contribution in [-0.2, 0) is 11.3 Å². The summed E-state index contributed by atoms with van der Waals surface area (Å²) in [6.45, 7) is 4.34. The van der Waals surface area contributed by atoms with Crippen LogP contribution in [0.3, 0.4) is 0 Å². The first-order chi connectivity index (χ1) is 12.1. The summed E-state index contributed by atoms with van der Waals surface area (Å²) in [6.07, 6.45) is 0. The number of amides is 1. The molecule has 128 valence electrons. The van der Waals surface area contributed by atoms with Crippen LogP contribution in [0.1, 0.15) is 24.4 Å². The van der Waals surface area contributed by atoms with Crippen molar-refractivity contribution in [3.8, 4) is 11.5 Å². The van der Waals surface area contributed by atoms with Crippen LogP contribution in [0.4, 0.5) is 0 Å². The Hall–Kier alpha value is -3.02. The summed E-state index contributed by atoms with van der Waals surface area (Å²) in [4.78, 5) is 17.0. The molecular formula is C19H19N3O3. The predicted octanol–water partition coefficient (Wildman–Crippen LogP) is 2.95. The zero-order valence-corrected chi connectivity index (χ0v) is 14.2. The highest BCUT2D eigenvalue weighted by atomic mass is 16.7. The van der Waals surface area contributed by atoms with Gasteiger partial charge in [-0.25, -0.2) is 4.98 Å². The average Bonchev–Trinajstić information content (AvgIpc) is 3.19. The Morgan fingerprint density at radius 2 is 2.04 bits per heavy atom. The van der Waals surface area contributed by atoms with Gasteiger partial charge in [0.15, 0.2) is 11.5 Å². The van der Waals surface area contributed by atoms with Crippen molar-refractivity contribution < 1.29 is 14.3 Å². The third-order valence-electron chi connectivity index (χ3n) is 4.42. The number of rotatable bonds is 4. The Labute approximate surface area is 145 Å². The van der Waals surface area contributed by atoms with E-state index in [2.05, 4.69) is 10.3 Å². The third-order valence-corrected chi connectivity index (χ3v) is 4.42. The van der Waals surface area contributed by atoms with Crippen molar-refractivity contribution in [3.63, 3.8) is 0 Å². The number of imidazole rings is 1. The smallest absolute Gasteiger partial charge is 0.240 e. The minimum atomic E-state index is -0.128. The maximum Gasteiger partial charge on any atom is 0.240 e. The molecule has 0 radical (unpaired) electrons. The molecule has 0 saturated heterocycles.